The van der Waals surface area contributed by atoms with Crippen LogP contribution in [0, 0.1) is 6.92 Å². The summed E-state index contributed by atoms with van der Waals surface area (Å²) in [6, 6.07) is 18.3. The summed E-state index contributed by atoms with van der Waals surface area (Å²) in [5, 5.41) is 6.14. The third-order valence-electron chi connectivity index (χ3n) is 7.11. The molecule has 0 aliphatic carbocycles. The first-order valence-electron chi connectivity index (χ1n) is 13.9. The Balaban J connectivity index is 1.15. The second-order valence-electron chi connectivity index (χ2n) is 10.3. The number of hydrogen-bond donors (Lipinski definition) is 3. The van der Waals surface area contributed by atoms with Crippen LogP contribution in [0.3, 0.4) is 0 Å². The molecule has 0 bridgehead atoms. The quantitative estimate of drug-likeness (QED) is 0.196. The van der Waals surface area contributed by atoms with Crippen molar-refractivity contribution in [1.82, 2.24) is 24.8 Å². The van der Waals surface area contributed by atoms with Crippen molar-refractivity contribution in [3.05, 3.63) is 89.7 Å². The van der Waals surface area contributed by atoms with Gasteiger partial charge in [-0.25, -0.2) is 9.97 Å². The average Bonchev–Trinajstić information content (AvgIpc) is 3.48. The van der Waals surface area contributed by atoms with Crippen molar-refractivity contribution in [3.63, 3.8) is 0 Å². The van der Waals surface area contributed by atoms with E-state index in [0.717, 1.165) is 49.7 Å². The summed E-state index contributed by atoms with van der Waals surface area (Å²) in [5.41, 5.74) is 5.81. The molecule has 0 atom stereocenters. The second kappa shape index (κ2) is 12.3. The molecule has 0 spiro atoms. The number of H-pyrrole nitrogens is 1. The van der Waals surface area contributed by atoms with Gasteiger partial charge in [0.2, 0.25) is 5.95 Å². The Morgan fingerprint density at radius 2 is 1.77 bits per heavy atom. The molecule has 5 aromatic rings. The van der Waals surface area contributed by atoms with Crippen LogP contribution in [0.25, 0.3) is 22.4 Å². The number of ether oxygens (including phenoxy) is 2. The number of aromatic nitrogens is 4. The van der Waals surface area contributed by atoms with Gasteiger partial charge in [-0.05, 0) is 72.6 Å². The fourth-order valence-corrected chi connectivity index (χ4v) is 4.86. The Labute approximate surface area is 250 Å². The van der Waals surface area contributed by atoms with Gasteiger partial charge in [0.05, 0.1) is 19.5 Å². The first-order chi connectivity index (χ1) is 21.2. The van der Waals surface area contributed by atoms with Gasteiger partial charge < -0.3 is 25.1 Å². The topological polar surface area (TPSA) is 117 Å². The van der Waals surface area contributed by atoms with Gasteiger partial charge in [0.25, 0.3) is 5.91 Å². The molecule has 1 amide bonds. The summed E-state index contributed by atoms with van der Waals surface area (Å²) in [6.07, 6.45) is -3.32. The van der Waals surface area contributed by atoms with Crippen LogP contribution in [0.4, 0.5) is 30.5 Å². The molecule has 3 heterocycles. The van der Waals surface area contributed by atoms with Gasteiger partial charge in [-0.3, -0.25) is 9.69 Å². The molecule has 3 aromatic carbocycles. The van der Waals surface area contributed by atoms with Crippen molar-refractivity contribution in [2.24, 2.45) is 0 Å². The van der Waals surface area contributed by atoms with Gasteiger partial charge in [0.15, 0.2) is 5.65 Å². The number of rotatable bonds is 8. The van der Waals surface area contributed by atoms with Crippen LogP contribution in [0.15, 0.2) is 73.1 Å². The van der Waals surface area contributed by atoms with E-state index in [-0.39, 0.29) is 17.6 Å². The van der Waals surface area contributed by atoms with Crippen LogP contribution >= 0.6 is 0 Å². The summed E-state index contributed by atoms with van der Waals surface area (Å²) in [6.45, 7) is 5.96. The normalized spacial score (nSPS) is 14.0. The van der Waals surface area contributed by atoms with Gasteiger partial charge in [-0.1, -0.05) is 12.1 Å². The molecule has 0 saturated carbocycles. The smallest absolute Gasteiger partial charge is 0.406 e. The van der Waals surface area contributed by atoms with Gasteiger partial charge in [0, 0.05) is 42.1 Å². The Morgan fingerprint density at radius 3 is 2.50 bits per heavy atom. The van der Waals surface area contributed by atoms with Crippen LogP contribution in [0.1, 0.15) is 21.5 Å². The number of halogens is 3. The van der Waals surface area contributed by atoms with E-state index in [2.05, 4.69) is 46.3 Å². The van der Waals surface area contributed by atoms with E-state index >= 15 is 0 Å². The molecule has 10 nitrogen and oxygen atoms in total. The van der Waals surface area contributed by atoms with Crippen LogP contribution in [-0.4, -0.2) is 63.4 Å². The largest absolute Gasteiger partial charge is 0.573 e. The van der Waals surface area contributed by atoms with Crippen LogP contribution in [-0.2, 0) is 11.3 Å². The Bertz CT molecular complexity index is 1770. The maximum Gasteiger partial charge on any atom is 0.573 e. The molecule has 3 N–H and O–H groups in total. The average molecular weight is 604 g/mol. The van der Waals surface area contributed by atoms with Crippen LogP contribution in [0.2, 0.25) is 0 Å². The Morgan fingerprint density at radius 1 is 1.02 bits per heavy atom. The molecular weight excluding hydrogens is 575 g/mol. The summed E-state index contributed by atoms with van der Waals surface area (Å²) >= 11 is 0. The zero-order valence-electron chi connectivity index (χ0n) is 23.6. The number of carbonyl (C=O) groups excluding carboxylic acids is 1. The lowest BCUT2D eigenvalue weighted by Crippen LogP contribution is -2.35. The molecule has 1 fully saturated rings. The maximum atomic E-state index is 13.1. The zero-order valence-corrected chi connectivity index (χ0v) is 23.6. The standard InChI is InChI=1S/C31H28F3N7O3/c1-19-2-3-20(17-41-12-14-43-15-13-41)16-25(19)38-29(42)22-4-8-23(9-5-22)37-30-39-26(27-28(40-30)36-18-35-27)21-6-10-24(11-7-21)44-31(32,33)34/h2-11,16,18H,12-15,17H2,1H3,(H,38,42)(H2,35,36,37,39,40). The Kier molecular flexibility index (Phi) is 8.13. The van der Waals surface area contributed by atoms with E-state index in [1.54, 1.807) is 24.3 Å². The minimum absolute atomic E-state index is 0.222. The lowest BCUT2D eigenvalue weighted by atomic mass is 10.1. The number of morpholine rings is 1. The van der Waals surface area contributed by atoms with Gasteiger partial charge >= 0.3 is 6.36 Å². The number of nitrogens with one attached hydrogen (secondary N) is 3. The molecule has 13 heteroatoms. The molecule has 44 heavy (non-hydrogen) atoms. The number of alkyl halides is 3. The number of anilines is 3. The molecule has 2 aromatic heterocycles. The van der Waals surface area contributed by atoms with E-state index in [0.29, 0.717) is 33.7 Å². The summed E-state index contributed by atoms with van der Waals surface area (Å²) < 4.78 is 47.1. The minimum atomic E-state index is -4.78. The molecule has 1 aliphatic rings. The predicted octanol–water partition coefficient (Wildman–Crippen LogP) is 6.06. The number of aromatic amines is 1. The number of benzene rings is 3. The third-order valence-corrected chi connectivity index (χ3v) is 7.11. The number of nitrogens with zero attached hydrogens (tertiary/aromatic N) is 4. The van der Waals surface area contributed by atoms with Crippen molar-refractivity contribution >= 4 is 34.4 Å². The highest BCUT2D eigenvalue weighted by Crippen LogP contribution is 2.30. The highest BCUT2D eigenvalue weighted by Gasteiger charge is 2.31. The van der Waals surface area contributed by atoms with E-state index in [9.17, 15) is 18.0 Å². The SMILES string of the molecule is Cc1ccc(CN2CCOCC2)cc1NC(=O)c1ccc(Nc2nc(-c3ccc(OC(F)(F)F)cc3)c3[nH]cnc3n2)cc1. The highest BCUT2D eigenvalue weighted by atomic mass is 19.4. The second-order valence-corrected chi connectivity index (χ2v) is 10.3. The van der Waals surface area contributed by atoms with E-state index in [1.165, 1.54) is 30.6 Å². The molecule has 1 aliphatic heterocycles. The van der Waals surface area contributed by atoms with Crippen molar-refractivity contribution in [2.75, 3.05) is 36.9 Å². The molecular formula is C31H28F3N7O3. The van der Waals surface area contributed by atoms with Gasteiger partial charge in [0.1, 0.15) is 17.0 Å². The number of hydrogen-bond acceptors (Lipinski definition) is 8. The van der Waals surface area contributed by atoms with E-state index < -0.39 is 6.36 Å². The molecule has 6 rings (SSSR count). The van der Waals surface area contributed by atoms with Crippen molar-refractivity contribution in [1.29, 1.82) is 0 Å². The highest BCUT2D eigenvalue weighted by molar-refractivity contribution is 6.05. The van der Waals surface area contributed by atoms with E-state index in [1.807, 2.05) is 19.1 Å². The van der Waals surface area contributed by atoms with Gasteiger partial charge in [-0.2, -0.15) is 4.98 Å². The first kappa shape index (κ1) is 29.1. The van der Waals surface area contributed by atoms with Crippen molar-refractivity contribution in [2.45, 2.75) is 19.8 Å². The van der Waals surface area contributed by atoms with Crippen molar-refractivity contribution < 1.29 is 27.4 Å². The van der Waals surface area contributed by atoms with Crippen LogP contribution in [0.5, 0.6) is 5.75 Å². The van der Waals surface area contributed by atoms with Crippen molar-refractivity contribution in [3.8, 4) is 17.0 Å². The summed E-state index contributed by atoms with van der Waals surface area (Å²) in [4.78, 5) is 31.6. The lowest BCUT2D eigenvalue weighted by Gasteiger charge is -2.26. The fourth-order valence-electron chi connectivity index (χ4n) is 4.86. The third kappa shape index (κ3) is 6.96. The number of aryl methyl sites for hydroxylation is 1. The molecule has 0 unspecified atom stereocenters. The predicted molar refractivity (Wildman–Crippen MR) is 159 cm³/mol. The maximum absolute atomic E-state index is 13.1. The van der Waals surface area contributed by atoms with Gasteiger partial charge in [-0.15, -0.1) is 13.2 Å². The number of fused-ring (bicyclic) bond motifs is 1. The minimum Gasteiger partial charge on any atom is -0.406 e. The number of amides is 1. The fraction of sp³-hybridized carbons (Fsp3) is 0.226. The number of imidazole rings is 1. The zero-order chi connectivity index (χ0) is 30.7. The molecule has 226 valence electrons. The number of carbonyl (C=O) groups is 1. The van der Waals surface area contributed by atoms with E-state index in [4.69, 9.17) is 4.74 Å². The Hall–Kier alpha value is -5.01. The summed E-state index contributed by atoms with van der Waals surface area (Å²) in [5.74, 6) is -0.354. The monoisotopic (exact) mass is 603 g/mol. The first-order valence-corrected chi connectivity index (χ1v) is 13.9. The lowest BCUT2D eigenvalue weighted by molar-refractivity contribution is -0.274. The van der Waals surface area contributed by atoms with Crippen LogP contribution < -0.4 is 15.4 Å². The summed E-state index contributed by atoms with van der Waals surface area (Å²) in [7, 11) is 0. The molecule has 1 saturated heterocycles. The molecule has 0 radical (unpaired) electrons.